The van der Waals surface area contributed by atoms with Crippen molar-refractivity contribution in [1.29, 1.82) is 0 Å². The van der Waals surface area contributed by atoms with Gasteiger partial charge in [0.25, 0.3) is 17.7 Å². The van der Waals surface area contributed by atoms with Gasteiger partial charge >= 0.3 is 0 Å². The number of imide groups is 1. The summed E-state index contributed by atoms with van der Waals surface area (Å²) in [6, 6.07) is 23.6. The standard InChI is InChI=1S/C29H27ClN4O4/c1-2-38-24-13-11-23(12-14-24)34-28(36)25(30)26(29(34)37)31-21-8-6-7-20(19-21)27(35)33-17-15-32(16-18-33)22-9-4-3-5-10-22/h3-14,19,31H,2,15-18H2,1H3. The number of hydrogen-bond donors (Lipinski definition) is 1. The first-order valence-corrected chi connectivity index (χ1v) is 12.8. The van der Waals surface area contributed by atoms with Gasteiger partial charge in [0, 0.05) is 43.1 Å². The van der Waals surface area contributed by atoms with Crippen LogP contribution in [0.2, 0.25) is 0 Å². The molecule has 1 fully saturated rings. The van der Waals surface area contributed by atoms with Crippen LogP contribution in [0.4, 0.5) is 17.1 Å². The third-order valence-electron chi connectivity index (χ3n) is 6.50. The molecule has 0 bridgehead atoms. The molecule has 2 aliphatic heterocycles. The maximum absolute atomic E-state index is 13.2. The average molecular weight is 531 g/mol. The Morgan fingerprint density at radius 3 is 2.26 bits per heavy atom. The summed E-state index contributed by atoms with van der Waals surface area (Å²) in [5.74, 6) is -0.647. The molecule has 3 aromatic carbocycles. The Hall–Kier alpha value is -4.30. The van der Waals surface area contributed by atoms with Crippen LogP contribution in [-0.4, -0.2) is 55.4 Å². The van der Waals surface area contributed by atoms with Crippen molar-refractivity contribution in [2.45, 2.75) is 6.92 Å². The number of ether oxygens (including phenoxy) is 1. The summed E-state index contributed by atoms with van der Waals surface area (Å²) in [5, 5.41) is 2.75. The van der Waals surface area contributed by atoms with Crippen molar-refractivity contribution in [3.05, 3.63) is 95.2 Å². The molecule has 0 unspecified atom stereocenters. The van der Waals surface area contributed by atoms with E-state index < -0.39 is 11.8 Å². The summed E-state index contributed by atoms with van der Waals surface area (Å²) in [6.45, 7) is 5.08. The van der Waals surface area contributed by atoms with Gasteiger partial charge in [0.2, 0.25) is 0 Å². The number of carbonyl (C=O) groups is 3. The first kappa shape index (κ1) is 25.4. The number of hydrogen-bond acceptors (Lipinski definition) is 6. The molecule has 0 spiro atoms. The van der Waals surface area contributed by atoms with Crippen molar-refractivity contribution < 1.29 is 19.1 Å². The Bertz CT molecular complexity index is 1380. The second-order valence-corrected chi connectivity index (χ2v) is 9.26. The van der Waals surface area contributed by atoms with Crippen LogP contribution in [0.3, 0.4) is 0 Å². The fourth-order valence-corrected chi connectivity index (χ4v) is 4.78. The lowest BCUT2D eigenvalue weighted by Crippen LogP contribution is -2.48. The lowest BCUT2D eigenvalue weighted by Gasteiger charge is -2.36. The quantitative estimate of drug-likeness (QED) is 0.453. The molecule has 3 aromatic rings. The number of rotatable bonds is 7. The Labute approximate surface area is 226 Å². The van der Waals surface area contributed by atoms with Gasteiger partial charge in [-0.25, -0.2) is 4.90 Å². The Morgan fingerprint density at radius 2 is 1.58 bits per heavy atom. The van der Waals surface area contributed by atoms with Gasteiger partial charge in [-0.1, -0.05) is 35.9 Å². The van der Waals surface area contributed by atoms with Crippen molar-refractivity contribution in [3.8, 4) is 5.75 Å². The smallest absolute Gasteiger partial charge is 0.283 e. The zero-order valence-electron chi connectivity index (χ0n) is 20.9. The van der Waals surface area contributed by atoms with Gasteiger partial charge in [0.1, 0.15) is 16.5 Å². The van der Waals surface area contributed by atoms with E-state index in [2.05, 4.69) is 22.3 Å². The molecule has 1 N–H and O–H groups in total. The minimum atomic E-state index is -0.619. The van der Waals surface area contributed by atoms with Gasteiger partial charge in [0.05, 0.1) is 12.3 Å². The summed E-state index contributed by atoms with van der Waals surface area (Å²) < 4.78 is 5.43. The second kappa shape index (κ2) is 11.0. The zero-order chi connectivity index (χ0) is 26.6. The van der Waals surface area contributed by atoms with E-state index >= 15 is 0 Å². The summed E-state index contributed by atoms with van der Waals surface area (Å²) in [4.78, 5) is 44.3. The van der Waals surface area contributed by atoms with E-state index in [0.717, 1.165) is 23.7 Å². The molecule has 0 radical (unpaired) electrons. The van der Waals surface area contributed by atoms with Crippen LogP contribution < -0.4 is 19.9 Å². The number of carbonyl (C=O) groups excluding carboxylic acids is 3. The summed E-state index contributed by atoms with van der Waals surface area (Å²) in [7, 11) is 0. The minimum absolute atomic E-state index is 0.0355. The number of anilines is 3. The Balaban J connectivity index is 1.26. The van der Waals surface area contributed by atoms with Gasteiger partial charge in [-0.3, -0.25) is 14.4 Å². The molecule has 1 saturated heterocycles. The molecule has 8 nitrogen and oxygen atoms in total. The highest BCUT2D eigenvalue weighted by Gasteiger charge is 2.39. The van der Waals surface area contributed by atoms with Crippen LogP contribution in [0.1, 0.15) is 17.3 Å². The van der Waals surface area contributed by atoms with Crippen molar-refractivity contribution in [3.63, 3.8) is 0 Å². The fourth-order valence-electron chi connectivity index (χ4n) is 4.57. The molecule has 0 aliphatic carbocycles. The van der Waals surface area contributed by atoms with Gasteiger partial charge in [-0.2, -0.15) is 0 Å². The lowest BCUT2D eigenvalue weighted by molar-refractivity contribution is -0.120. The number of halogens is 1. The highest BCUT2D eigenvalue weighted by molar-refractivity contribution is 6.53. The first-order chi connectivity index (χ1) is 18.5. The van der Waals surface area contributed by atoms with Gasteiger partial charge in [-0.05, 0) is 61.5 Å². The summed E-state index contributed by atoms with van der Waals surface area (Å²) in [6.07, 6.45) is 0. The molecule has 194 valence electrons. The van der Waals surface area contributed by atoms with E-state index in [-0.39, 0.29) is 16.6 Å². The SMILES string of the molecule is CCOc1ccc(N2C(=O)C(Cl)=C(Nc3cccc(C(=O)N4CCN(c5ccccc5)CC4)c3)C2=O)cc1. The maximum Gasteiger partial charge on any atom is 0.283 e. The molecular formula is C29H27ClN4O4. The van der Waals surface area contributed by atoms with Crippen LogP contribution in [-0.2, 0) is 9.59 Å². The lowest BCUT2D eigenvalue weighted by atomic mass is 10.1. The number of piperazine rings is 1. The van der Waals surface area contributed by atoms with E-state index in [1.165, 1.54) is 0 Å². The van der Waals surface area contributed by atoms with Gasteiger partial charge in [-0.15, -0.1) is 0 Å². The van der Waals surface area contributed by atoms with E-state index in [1.807, 2.05) is 30.0 Å². The second-order valence-electron chi connectivity index (χ2n) is 8.88. The average Bonchev–Trinajstić information content (AvgIpc) is 3.17. The van der Waals surface area contributed by atoms with Crippen molar-refractivity contribution in [1.82, 2.24) is 4.90 Å². The van der Waals surface area contributed by atoms with Gasteiger partial charge < -0.3 is 19.9 Å². The number of benzene rings is 3. The van der Waals surface area contributed by atoms with E-state index in [9.17, 15) is 14.4 Å². The van der Waals surface area contributed by atoms with Crippen molar-refractivity contribution >= 4 is 46.4 Å². The topological polar surface area (TPSA) is 82.2 Å². The highest BCUT2D eigenvalue weighted by Crippen LogP contribution is 2.31. The highest BCUT2D eigenvalue weighted by atomic mass is 35.5. The Morgan fingerprint density at radius 1 is 0.868 bits per heavy atom. The third-order valence-corrected chi connectivity index (χ3v) is 6.85. The van der Waals surface area contributed by atoms with Crippen LogP contribution >= 0.6 is 11.6 Å². The number of amides is 3. The molecular weight excluding hydrogens is 504 g/mol. The minimum Gasteiger partial charge on any atom is -0.494 e. The summed E-state index contributed by atoms with van der Waals surface area (Å²) >= 11 is 6.29. The molecule has 2 heterocycles. The number of nitrogens with zero attached hydrogens (tertiary/aromatic N) is 3. The van der Waals surface area contributed by atoms with Crippen LogP contribution in [0, 0.1) is 0 Å². The first-order valence-electron chi connectivity index (χ1n) is 12.4. The predicted molar refractivity (Wildman–Crippen MR) is 148 cm³/mol. The molecule has 2 aliphatic rings. The molecule has 38 heavy (non-hydrogen) atoms. The summed E-state index contributed by atoms with van der Waals surface area (Å²) in [5.41, 5.74) is 2.47. The normalized spacial score (nSPS) is 15.8. The molecule has 3 amide bonds. The third kappa shape index (κ3) is 5.08. The van der Waals surface area contributed by atoms with Crippen LogP contribution in [0.15, 0.2) is 89.6 Å². The monoisotopic (exact) mass is 530 g/mol. The maximum atomic E-state index is 13.2. The molecule has 5 rings (SSSR count). The number of nitrogens with one attached hydrogen (secondary N) is 1. The number of para-hydroxylation sites is 1. The largest absolute Gasteiger partial charge is 0.494 e. The zero-order valence-corrected chi connectivity index (χ0v) is 21.6. The van der Waals surface area contributed by atoms with Crippen molar-refractivity contribution in [2.24, 2.45) is 0 Å². The van der Waals surface area contributed by atoms with E-state index in [1.54, 1.807) is 48.5 Å². The van der Waals surface area contributed by atoms with E-state index in [4.69, 9.17) is 16.3 Å². The molecule has 0 aromatic heterocycles. The molecule has 0 saturated carbocycles. The van der Waals surface area contributed by atoms with Crippen LogP contribution in [0.25, 0.3) is 0 Å². The van der Waals surface area contributed by atoms with Gasteiger partial charge in [0.15, 0.2) is 0 Å². The van der Waals surface area contributed by atoms with E-state index in [0.29, 0.717) is 42.4 Å². The fraction of sp³-hybridized carbons (Fsp3) is 0.207. The molecule has 9 heteroatoms. The van der Waals surface area contributed by atoms with Crippen LogP contribution in [0.5, 0.6) is 5.75 Å². The Kier molecular flexibility index (Phi) is 7.33. The predicted octanol–water partition coefficient (Wildman–Crippen LogP) is 4.48. The molecule has 0 atom stereocenters. The van der Waals surface area contributed by atoms with Crippen molar-refractivity contribution in [2.75, 3.05) is 47.9 Å².